The molecule has 0 radical (unpaired) electrons. The van der Waals surface area contributed by atoms with Crippen molar-refractivity contribution < 1.29 is 4.74 Å². The third-order valence-corrected chi connectivity index (χ3v) is 11.2. The second-order valence-corrected chi connectivity index (χ2v) is 15.0. The van der Waals surface area contributed by atoms with Crippen LogP contribution in [0, 0.1) is 0 Å². The van der Waals surface area contributed by atoms with E-state index in [4.69, 9.17) is 4.74 Å². The fourth-order valence-corrected chi connectivity index (χ4v) is 8.15. The van der Waals surface area contributed by atoms with Crippen molar-refractivity contribution in [3.05, 3.63) is 254 Å². The zero-order valence-electron chi connectivity index (χ0n) is 33.1. The van der Waals surface area contributed by atoms with E-state index >= 15 is 0 Å². The minimum Gasteiger partial charge on any atom is -0.456 e. The SMILES string of the molecule is C=C1/C=C\C=C(\c2ccc(N(c3ccc(-c4cc(-c5ccccc5)cc(-c5ccccc5)c4)cc3)c3ccc(-c4cccc5ccccc45)cc3)cc2)Oc2ccccc21. The number of benzene rings is 9. The molecule has 0 fully saturated rings. The first-order valence-corrected chi connectivity index (χ1v) is 20.3. The number of para-hydroxylation sites is 1. The number of hydrogen-bond acceptors (Lipinski definition) is 2. The van der Waals surface area contributed by atoms with Crippen molar-refractivity contribution >= 4 is 39.2 Å². The zero-order chi connectivity index (χ0) is 40.3. The highest BCUT2D eigenvalue weighted by Crippen LogP contribution is 2.40. The van der Waals surface area contributed by atoms with Gasteiger partial charge in [0, 0.05) is 28.2 Å². The number of nitrogens with zero attached hydrogens (tertiary/aromatic N) is 1. The van der Waals surface area contributed by atoms with Crippen LogP contribution in [-0.4, -0.2) is 0 Å². The Bertz CT molecular complexity index is 2970. The van der Waals surface area contributed by atoms with E-state index in [0.717, 1.165) is 50.8 Å². The molecule has 60 heavy (non-hydrogen) atoms. The Morgan fingerprint density at radius 2 is 0.833 bits per heavy atom. The maximum Gasteiger partial charge on any atom is 0.135 e. The maximum absolute atomic E-state index is 6.51. The fourth-order valence-electron chi connectivity index (χ4n) is 8.15. The van der Waals surface area contributed by atoms with Crippen molar-refractivity contribution in [1.82, 2.24) is 0 Å². The summed E-state index contributed by atoms with van der Waals surface area (Å²) >= 11 is 0. The number of rotatable bonds is 8. The normalized spacial score (nSPS) is 13.6. The van der Waals surface area contributed by atoms with Crippen LogP contribution in [0.5, 0.6) is 5.75 Å². The van der Waals surface area contributed by atoms with Gasteiger partial charge in [0.25, 0.3) is 0 Å². The first kappa shape index (κ1) is 36.4. The van der Waals surface area contributed by atoms with Crippen molar-refractivity contribution in [2.75, 3.05) is 4.90 Å². The third kappa shape index (κ3) is 7.35. The Morgan fingerprint density at radius 3 is 1.45 bits per heavy atom. The van der Waals surface area contributed by atoms with Crippen molar-refractivity contribution in [3.8, 4) is 50.3 Å². The van der Waals surface area contributed by atoms with E-state index in [1.54, 1.807) is 0 Å². The van der Waals surface area contributed by atoms with Crippen LogP contribution in [0.1, 0.15) is 11.1 Å². The molecule has 9 aromatic rings. The van der Waals surface area contributed by atoms with Crippen molar-refractivity contribution in [3.63, 3.8) is 0 Å². The summed E-state index contributed by atoms with van der Waals surface area (Å²) in [7, 11) is 0. The summed E-state index contributed by atoms with van der Waals surface area (Å²) in [5, 5.41) is 2.48. The Hall–Kier alpha value is -7.94. The Balaban J connectivity index is 1.04. The van der Waals surface area contributed by atoms with E-state index in [1.807, 2.05) is 42.5 Å². The smallest absolute Gasteiger partial charge is 0.135 e. The molecule has 1 aliphatic heterocycles. The molecule has 0 amide bonds. The standard InChI is InChI=1S/C58H41NO/c1-41-14-12-25-57(60-58-24-11-10-21-54(41)58)47-30-36-53(37-31-47)59(52-34-28-46(29-35-52)56-23-13-20-45-19-8-9-22-55(45)56)51-32-26-44(27-33-51)50-39-48(42-15-4-2-5-16-42)38-49(40-50)43-17-6-3-7-18-43/h2-40H,1H2/b14-12-,57-25-. The molecular formula is C58H41NO. The van der Waals surface area contributed by atoms with Crippen LogP contribution in [0.15, 0.2) is 243 Å². The average molecular weight is 768 g/mol. The van der Waals surface area contributed by atoms with E-state index in [9.17, 15) is 0 Å². The molecule has 0 spiro atoms. The first-order valence-electron chi connectivity index (χ1n) is 20.3. The maximum atomic E-state index is 6.51. The highest BCUT2D eigenvalue weighted by molar-refractivity contribution is 5.97. The predicted molar refractivity (Wildman–Crippen MR) is 254 cm³/mol. The van der Waals surface area contributed by atoms with Gasteiger partial charge in [-0.1, -0.05) is 164 Å². The quantitative estimate of drug-likeness (QED) is 0.153. The van der Waals surface area contributed by atoms with Gasteiger partial charge in [-0.25, -0.2) is 0 Å². The second kappa shape index (κ2) is 16.1. The molecule has 2 heteroatoms. The third-order valence-electron chi connectivity index (χ3n) is 11.2. The van der Waals surface area contributed by atoms with Crippen LogP contribution in [-0.2, 0) is 0 Å². The summed E-state index contributed by atoms with van der Waals surface area (Å²) in [4.78, 5) is 2.32. The van der Waals surface area contributed by atoms with Crippen LogP contribution >= 0.6 is 0 Å². The van der Waals surface area contributed by atoms with Gasteiger partial charge in [-0.2, -0.15) is 0 Å². The van der Waals surface area contributed by atoms with Crippen LogP contribution in [0.3, 0.4) is 0 Å². The van der Waals surface area contributed by atoms with Crippen molar-refractivity contribution in [1.29, 1.82) is 0 Å². The number of allylic oxidation sites excluding steroid dienone is 4. The lowest BCUT2D eigenvalue weighted by Gasteiger charge is -2.26. The molecule has 1 aliphatic rings. The van der Waals surface area contributed by atoms with E-state index in [0.29, 0.717) is 0 Å². The van der Waals surface area contributed by atoms with E-state index in [-0.39, 0.29) is 0 Å². The van der Waals surface area contributed by atoms with Gasteiger partial charge in [0.05, 0.1) is 0 Å². The summed E-state index contributed by atoms with van der Waals surface area (Å²) in [6.07, 6.45) is 6.04. The second-order valence-electron chi connectivity index (χ2n) is 15.0. The molecule has 1 heterocycles. The van der Waals surface area contributed by atoms with Crippen LogP contribution < -0.4 is 9.64 Å². The lowest BCUT2D eigenvalue weighted by Crippen LogP contribution is -2.10. The number of ether oxygens (including phenoxy) is 1. The summed E-state index contributed by atoms with van der Waals surface area (Å²) in [6, 6.07) is 77.8. The molecule has 0 aliphatic carbocycles. The lowest BCUT2D eigenvalue weighted by molar-refractivity contribution is 0.513. The van der Waals surface area contributed by atoms with Crippen LogP contribution in [0.2, 0.25) is 0 Å². The average Bonchev–Trinajstić information content (AvgIpc) is 3.32. The minimum atomic E-state index is 0.778. The molecule has 9 aromatic carbocycles. The number of fused-ring (bicyclic) bond motifs is 2. The highest BCUT2D eigenvalue weighted by Gasteiger charge is 2.17. The fraction of sp³-hybridized carbons (Fsp3) is 0. The molecule has 2 nitrogen and oxygen atoms in total. The monoisotopic (exact) mass is 767 g/mol. The van der Waals surface area contributed by atoms with Gasteiger partial charge >= 0.3 is 0 Å². The molecule has 0 aromatic heterocycles. The van der Waals surface area contributed by atoms with Crippen LogP contribution in [0.4, 0.5) is 17.1 Å². The van der Waals surface area contributed by atoms with Gasteiger partial charge in [0.1, 0.15) is 11.5 Å². The molecule has 284 valence electrons. The molecular weight excluding hydrogens is 727 g/mol. The predicted octanol–water partition coefficient (Wildman–Crippen LogP) is 16.0. The molecule has 0 bridgehead atoms. The topological polar surface area (TPSA) is 12.5 Å². The van der Waals surface area contributed by atoms with Crippen LogP contribution in [0.25, 0.3) is 66.6 Å². The Morgan fingerprint density at radius 1 is 0.367 bits per heavy atom. The van der Waals surface area contributed by atoms with Crippen molar-refractivity contribution in [2.24, 2.45) is 0 Å². The van der Waals surface area contributed by atoms with E-state index in [1.165, 1.54) is 49.7 Å². The Kier molecular flexibility index (Phi) is 9.79. The molecule has 10 rings (SSSR count). The van der Waals surface area contributed by atoms with Gasteiger partial charge in [0.2, 0.25) is 0 Å². The Labute approximate surface area is 352 Å². The largest absolute Gasteiger partial charge is 0.456 e. The minimum absolute atomic E-state index is 0.778. The van der Waals surface area contributed by atoms with Gasteiger partial charge < -0.3 is 9.64 Å². The molecule has 0 atom stereocenters. The van der Waals surface area contributed by atoms with Gasteiger partial charge in [-0.15, -0.1) is 0 Å². The first-order chi connectivity index (χ1) is 29.6. The van der Waals surface area contributed by atoms with Gasteiger partial charge in [-0.3, -0.25) is 0 Å². The van der Waals surface area contributed by atoms with Gasteiger partial charge in [0.15, 0.2) is 0 Å². The zero-order valence-corrected chi connectivity index (χ0v) is 33.1. The number of anilines is 3. The van der Waals surface area contributed by atoms with Crippen molar-refractivity contribution in [2.45, 2.75) is 0 Å². The molecule has 0 unspecified atom stereocenters. The summed E-state index contributed by atoms with van der Waals surface area (Å²) in [5.41, 5.74) is 15.6. The number of hydrogen-bond donors (Lipinski definition) is 0. The van der Waals surface area contributed by atoms with E-state index < -0.39 is 0 Å². The summed E-state index contributed by atoms with van der Waals surface area (Å²) in [6.45, 7) is 4.23. The van der Waals surface area contributed by atoms with E-state index in [2.05, 4.69) is 206 Å². The molecule has 0 saturated carbocycles. The highest BCUT2D eigenvalue weighted by atomic mass is 16.5. The summed E-state index contributed by atoms with van der Waals surface area (Å²) in [5.74, 6) is 1.57. The van der Waals surface area contributed by atoms with Gasteiger partial charge in [-0.05, 0) is 140 Å². The molecule has 0 saturated heterocycles. The summed E-state index contributed by atoms with van der Waals surface area (Å²) < 4.78 is 6.51. The lowest BCUT2D eigenvalue weighted by atomic mass is 9.93. The molecule has 0 N–H and O–H groups in total.